The van der Waals surface area contributed by atoms with Crippen LogP contribution in [0.25, 0.3) is 0 Å². The Morgan fingerprint density at radius 1 is 0.183 bits per heavy atom. The summed E-state index contributed by atoms with van der Waals surface area (Å²) in [5, 5.41) is 12.6. The molecule has 298 valence electrons. The zero-order valence-electron chi connectivity index (χ0n) is 32.9. The van der Waals surface area contributed by atoms with Crippen molar-refractivity contribution < 1.29 is 13.5 Å². The van der Waals surface area contributed by atoms with Gasteiger partial charge in [-0.25, -0.2) is 0 Å². The van der Waals surface area contributed by atoms with Gasteiger partial charge in [0.1, 0.15) is 0 Å². The zero-order chi connectivity index (χ0) is 41.5. The first kappa shape index (κ1) is 45.4. The second-order valence-electron chi connectivity index (χ2n) is 13.1. The van der Waals surface area contributed by atoms with E-state index in [-0.39, 0.29) is 13.5 Å². The smallest absolute Gasteiger partial charge is 0.0134 e. The van der Waals surface area contributed by atoms with Crippen molar-refractivity contribution in [3.8, 4) is 0 Å². The first-order chi connectivity index (χ1) is 29.8. The monoisotopic (exact) mass is 1140 g/mol. The molecule has 0 aliphatic carbocycles. The van der Waals surface area contributed by atoms with Crippen molar-refractivity contribution in [3.63, 3.8) is 0 Å². The predicted molar refractivity (Wildman–Crippen MR) is 273 cm³/mol. The van der Waals surface area contributed by atoms with Crippen LogP contribution in [-0.2, 0) is 13.5 Å². The van der Waals surface area contributed by atoms with E-state index in [1.807, 2.05) is 0 Å². The fourth-order valence-corrected chi connectivity index (χ4v) is 13.5. The van der Waals surface area contributed by atoms with E-state index < -0.39 is 23.8 Å². The number of hydrogen-bond acceptors (Lipinski definition) is 0. The molecule has 0 bridgehead atoms. The van der Waals surface area contributed by atoms with Crippen LogP contribution < -0.4 is 47.7 Å². The summed E-state index contributed by atoms with van der Waals surface area (Å²) in [6.45, 7) is 0. The summed E-state index contributed by atoms with van der Waals surface area (Å²) in [4.78, 5) is 0. The van der Waals surface area contributed by atoms with Gasteiger partial charge in [-0.15, -0.1) is 0 Å². The van der Waals surface area contributed by atoms with Crippen molar-refractivity contribution in [2.24, 2.45) is 0 Å². The number of halogens is 2. The predicted octanol–water partition coefficient (Wildman–Crippen LogP) is 12.0. The number of hydrogen-bond donors (Lipinski definition) is 0. The van der Waals surface area contributed by atoms with E-state index in [4.69, 9.17) is 0 Å². The van der Waals surface area contributed by atoms with Crippen LogP contribution >= 0.6 is 50.9 Å². The van der Waals surface area contributed by atoms with E-state index in [2.05, 4.69) is 300 Å². The zero-order valence-corrected chi connectivity index (χ0v) is 41.3. The van der Waals surface area contributed by atoms with Gasteiger partial charge in [0.2, 0.25) is 0 Å². The topological polar surface area (TPSA) is 0 Å². The molecule has 9 aromatic rings. The summed E-state index contributed by atoms with van der Waals surface area (Å²) < 4.78 is 0. The molecule has 0 aliphatic heterocycles. The van der Waals surface area contributed by atoms with Gasteiger partial charge in [0, 0.05) is 0 Å². The molecule has 9 rings (SSSR count). The Bertz CT molecular complexity index is 1890. The van der Waals surface area contributed by atoms with Crippen molar-refractivity contribution in [1.82, 2.24) is 0 Å². The van der Waals surface area contributed by atoms with Gasteiger partial charge in [-0.2, -0.15) is 0 Å². The first-order valence-corrected chi connectivity index (χ1v) is 34.6. The van der Waals surface area contributed by atoms with E-state index in [1.165, 1.54) is 47.7 Å². The van der Waals surface area contributed by atoms with Crippen molar-refractivity contribution in [2.75, 3.05) is 0 Å². The van der Waals surface area contributed by atoms with Gasteiger partial charge < -0.3 is 0 Å². The number of rotatable bonds is 9. The minimum Gasteiger partial charge on any atom is -0.0622 e. The summed E-state index contributed by atoms with van der Waals surface area (Å²) in [5.74, 6) is 0. The Labute approximate surface area is 381 Å². The van der Waals surface area contributed by atoms with Crippen molar-refractivity contribution in [3.05, 3.63) is 273 Å². The third-order valence-corrected chi connectivity index (χ3v) is 16.5. The molecule has 0 saturated carbocycles. The molecule has 0 atom stereocenters. The second-order valence-corrected chi connectivity index (χ2v) is 30.8. The molecule has 60 heavy (non-hydrogen) atoms. The third kappa shape index (κ3) is 14.0. The summed E-state index contributed by atoms with van der Waals surface area (Å²) in [6, 6.07) is 97.0. The van der Waals surface area contributed by atoms with Crippen LogP contribution in [0.1, 0.15) is 0 Å². The van der Waals surface area contributed by atoms with Crippen LogP contribution in [0.4, 0.5) is 0 Å². The Kier molecular flexibility index (Phi) is 19.9. The fraction of sp³-hybridized carbons (Fsp3) is 0. The third-order valence-electron chi connectivity index (χ3n) is 9.13. The van der Waals surface area contributed by atoms with Gasteiger partial charge in [0.25, 0.3) is 0 Å². The molecule has 0 saturated heterocycles. The summed E-state index contributed by atoms with van der Waals surface area (Å²) in [6.07, 6.45) is 0. The molecule has 9 aromatic carbocycles. The quantitative estimate of drug-likeness (QED) is 0.126. The SMILES string of the molecule is [Br][Os][Br].c1ccc(P(c2ccccc2)c2ccccc2)cc1.c1ccc(P(c2ccccc2)c2ccccc2)cc1.c1ccc(P(c2ccccc2)c2ccccc2)cc1. The van der Waals surface area contributed by atoms with Crippen molar-refractivity contribution in [2.45, 2.75) is 0 Å². The summed E-state index contributed by atoms with van der Waals surface area (Å²) >= 11 is 6.44. The van der Waals surface area contributed by atoms with E-state index in [1.54, 1.807) is 0 Å². The van der Waals surface area contributed by atoms with Gasteiger partial charge in [-0.3, -0.25) is 0 Å². The Morgan fingerprint density at radius 3 is 0.350 bits per heavy atom. The molecule has 0 unspecified atom stereocenters. The van der Waals surface area contributed by atoms with Crippen LogP contribution in [0.3, 0.4) is 0 Å². The molecule has 0 fully saturated rings. The van der Waals surface area contributed by atoms with Crippen LogP contribution in [0.2, 0.25) is 0 Å². The van der Waals surface area contributed by atoms with Gasteiger partial charge in [-0.1, -0.05) is 273 Å². The Hall–Kier alpha value is -4.13. The van der Waals surface area contributed by atoms with Crippen LogP contribution in [0, 0.1) is 0 Å². The maximum atomic E-state index is 3.20. The molecule has 0 amide bonds. The van der Waals surface area contributed by atoms with Crippen molar-refractivity contribution in [1.29, 1.82) is 0 Å². The van der Waals surface area contributed by atoms with Crippen LogP contribution in [-0.4, -0.2) is 0 Å². The van der Waals surface area contributed by atoms with Crippen LogP contribution in [0.5, 0.6) is 0 Å². The molecule has 0 aliphatic rings. The maximum absolute atomic E-state index is 3.20. The standard InChI is InChI=1S/3C18H15P.2BrH.Os/c3*1-4-10-16(11-5-1)19(17-12-6-2-7-13-17)18-14-8-3-9-15-18;;;/h3*1-15H;2*1H;/q;;;;;+2/p-2. The van der Waals surface area contributed by atoms with Crippen LogP contribution in [0.15, 0.2) is 273 Å². The van der Waals surface area contributed by atoms with E-state index >= 15 is 0 Å². The summed E-state index contributed by atoms with van der Waals surface area (Å²) in [5.41, 5.74) is 0. The molecule has 0 radical (unpaired) electrons. The van der Waals surface area contributed by atoms with E-state index in [9.17, 15) is 0 Å². The molecular formula is C54H45Br2OsP3. The van der Waals surface area contributed by atoms with Gasteiger partial charge in [-0.05, 0) is 71.5 Å². The van der Waals surface area contributed by atoms with Crippen molar-refractivity contribution >= 4 is 98.6 Å². The minimum absolute atomic E-state index is 0.0417. The molecule has 6 heteroatoms. The molecule has 0 nitrogen and oxygen atoms in total. The molecule has 0 aromatic heterocycles. The second kappa shape index (κ2) is 26.3. The summed E-state index contributed by atoms with van der Waals surface area (Å²) in [7, 11) is -1.34. The Morgan fingerprint density at radius 2 is 0.267 bits per heavy atom. The average molecular weight is 1140 g/mol. The van der Waals surface area contributed by atoms with Gasteiger partial charge >= 0.3 is 40.6 Å². The normalized spacial score (nSPS) is 10.4. The fourth-order valence-electron chi connectivity index (χ4n) is 6.54. The van der Waals surface area contributed by atoms with Gasteiger partial charge in [0.15, 0.2) is 0 Å². The first-order valence-electron chi connectivity index (χ1n) is 19.5. The van der Waals surface area contributed by atoms with E-state index in [0.29, 0.717) is 0 Å². The molecular weight excluding hydrogens is 1090 g/mol. The largest absolute Gasteiger partial charge is 0.0622 e. The molecule has 0 N–H and O–H groups in total. The number of benzene rings is 9. The maximum Gasteiger partial charge on any atom is -0.0134 e. The average Bonchev–Trinajstić information content (AvgIpc) is 3.33. The minimum atomic E-state index is -0.446. The Balaban J connectivity index is 0.000000146. The van der Waals surface area contributed by atoms with E-state index in [0.717, 1.165) is 0 Å². The van der Waals surface area contributed by atoms with Gasteiger partial charge in [0.05, 0.1) is 0 Å². The molecule has 0 spiro atoms. The molecule has 0 heterocycles.